The van der Waals surface area contributed by atoms with E-state index in [1.807, 2.05) is 25.9 Å². The fraction of sp³-hybridized carbons (Fsp3) is 0.946. The van der Waals surface area contributed by atoms with Gasteiger partial charge >= 0.3 is 32.2 Å². The number of ketones is 1. The quantitative estimate of drug-likeness (QED) is 0.182. The molecule has 3 fully saturated rings. The summed E-state index contributed by atoms with van der Waals surface area (Å²) in [6.45, 7) is 16.3. The number of methoxy groups -OCH3 is 1. The van der Waals surface area contributed by atoms with Crippen molar-refractivity contribution in [1.82, 2.24) is 4.90 Å². The molecule has 0 aromatic heterocycles. The van der Waals surface area contributed by atoms with Gasteiger partial charge in [-0.2, -0.15) is 0 Å². The first kappa shape index (κ1) is 47.7. The van der Waals surface area contributed by atoms with Crippen LogP contribution in [0.25, 0.3) is 0 Å². The van der Waals surface area contributed by atoms with Crippen molar-refractivity contribution >= 4 is 38.0 Å². The third kappa shape index (κ3) is 10.3. The molecule has 15 heteroatoms. The minimum Gasteiger partial charge on any atom is -0.459 e. The minimum atomic E-state index is -1.99. The predicted octanol–water partition coefficient (Wildman–Crippen LogP) is 1.40. The van der Waals surface area contributed by atoms with Gasteiger partial charge in [0, 0.05) is 37.3 Å². The third-order valence-corrected chi connectivity index (χ3v) is 11.8. The van der Waals surface area contributed by atoms with Crippen LogP contribution in [0.4, 0.5) is 0 Å². The van der Waals surface area contributed by atoms with Crippen LogP contribution < -0.4 is 0 Å². The first-order valence-electron chi connectivity index (χ1n) is 18.5. The van der Waals surface area contributed by atoms with E-state index in [9.17, 15) is 35.1 Å². The van der Waals surface area contributed by atoms with Crippen molar-refractivity contribution in [2.24, 2.45) is 23.7 Å². The third-order valence-electron chi connectivity index (χ3n) is 11.8. The fourth-order valence-electron chi connectivity index (χ4n) is 8.41. The van der Waals surface area contributed by atoms with Crippen LogP contribution in [0.5, 0.6) is 0 Å². The van der Waals surface area contributed by atoms with E-state index in [1.54, 1.807) is 41.5 Å². The van der Waals surface area contributed by atoms with E-state index in [4.69, 9.17) is 28.4 Å². The zero-order chi connectivity index (χ0) is 39.0. The van der Waals surface area contributed by atoms with Crippen molar-refractivity contribution < 1.29 is 63.5 Å². The van der Waals surface area contributed by atoms with Gasteiger partial charge in [0.15, 0.2) is 12.6 Å². The summed E-state index contributed by atoms with van der Waals surface area (Å²) >= 11 is 0. The van der Waals surface area contributed by atoms with E-state index in [2.05, 4.69) is 0 Å². The molecule has 3 rings (SSSR count). The number of nitrogens with zero attached hydrogens (tertiary/aromatic N) is 1. The number of ether oxygens (including phenoxy) is 6. The molecular weight excluding hydrogens is 875 g/mol. The van der Waals surface area contributed by atoms with E-state index >= 15 is 0 Å². The van der Waals surface area contributed by atoms with Crippen molar-refractivity contribution in [3.05, 3.63) is 0 Å². The maximum Gasteiger partial charge on any atom is 3.00 e. The molecule has 14 nitrogen and oxygen atoms in total. The molecule has 0 bridgehead atoms. The SMILES string of the molecule is CC[C@H]1OC(=O)[C@H](C)[C@@H](O[C@H]2C[C@@](C)(OC)[C@@H](O)[C@H](C)O2)[C@H](C)[C@@H](O[C@H]2O[C@@H](C)C[C@@H](N(C)C)[C@@H]2O)[C@](C)(O)C[C@@H](C)C(=O)[C@H](C)[C@@H](O)[C@]1(C)O.[Bi+3]. The van der Waals surface area contributed by atoms with Crippen molar-refractivity contribution in [2.75, 3.05) is 21.2 Å². The first-order chi connectivity index (χ1) is 23.4. The van der Waals surface area contributed by atoms with Gasteiger partial charge < -0.3 is 58.9 Å². The molecule has 0 aromatic rings. The van der Waals surface area contributed by atoms with Crippen LogP contribution in [0, 0.1) is 23.7 Å². The Labute approximate surface area is 329 Å². The van der Waals surface area contributed by atoms with Crippen LogP contribution in [-0.4, -0.2) is 174 Å². The number of rotatable bonds is 7. The number of aliphatic hydroxyl groups excluding tert-OH is 3. The number of hydrogen-bond donors (Lipinski definition) is 5. The Morgan fingerprint density at radius 2 is 1.48 bits per heavy atom. The summed E-state index contributed by atoms with van der Waals surface area (Å²) in [5, 5.41) is 57.6. The fourth-order valence-corrected chi connectivity index (χ4v) is 8.41. The summed E-state index contributed by atoms with van der Waals surface area (Å²) in [7, 11) is 5.18. The summed E-state index contributed by atoms with van der Waals surface area (Å²) in [5.74, 6) is -4.98. The Bertz CT molecular complexity index is 1170. The predicted molar refractivity (Wildman–Crippen MR) is 192 cm³/mol. The molecule has 2 radical (unpaired) electrons. The summed E-state index contributed by atoms with van der Waals surface area (Å²) in [5.41, 5.74) is -4.84. The Morgan fingerprint density at radius 1 is 0.885 bits per heavy atom. The molecule has 3 aliphatic rings. The summed E-state index contributed by atoms with van der Waals surface area (Å²) in [6.07, 6.45) is -9.71. The van der Waals surface area contributed by atoms with E-state index in [0.717, 1.165) is 0 Å². The average Bonchev–Trinajstić information content (AvgIpc) is 3.05. The number of esters is 1. The summed E-state index contributed by atoms with van der Waals surface area (Å²) in [6, 6.07) is -0.324. The molecule has 0 aliphatic carbocycles. The second-order valence-electron chi connectivity index (χ2n) is 16.5. The van der Waals surface area contributed by atoms with Gasteiger partial charge in [-0.1, -0.05) is 27.7 Å². The van der Waals surface area contributed by atoms with E-state index < -0.39 is 108 Å². The molecular formula is C37H67BiNO13+3. The van der Waals surface area contributed by atoms with Crippen molar-refractivity contribution in [3.63, 3.8) is 0 Å². The second kappa shape index (κ2) is 18.7. The number of cyclic esters (lactones) is 1. The molecule has 3 heterocycles. The molecule has 0 spiro atoms. The van der Waals surface area contributed by atoms with E-state index in [-0.39, 0.29) is 57.6 Å². The van der Waals surface area contributed by atoms with Gasteiger partial charge in [0.1, 0.15) is 29.7 Å². The molecule has 5 N–H and O–H groups in total. The van der Waals surface area contributed by atoms with Gasteiger partial charge in [0.25, 0.3) is 0 Å². The topological polar surface area (TPSA) is 194 Å². The summed E-state index contributed by atoms with van der Waals surface area (Å²) < 4.78 is 37.1. The van der Waals surface area contributed by atoms with Crippen LogP contribution in [0.3, 0.4) is 0 Å². The van der Waals surface area contributed by atoms with Crippen LogP contribution in [0.1, 0.15) is 94.9 Å². The Kier molecular flexibility index (Phi) is 17.2. The molecule has 52 heavy (non-hydrogen) atoms. The van der Waals surface area contributed by atoms with Gasteiger partial charge in [-0.05, 0) is 74.9 Å². The number of hydrogen-bond acceptors (Lipinski definition) is 14. The Hall–Kier alpha value is -0.417. The number of likely N-dealkylation sites (N-methyl/N-ethyl adjacent to an activating group) is 1. The monoisotopic (exact) mass is 942 g/mol. The Balaban J connectivity index is 0.00000936. The normalized spacial score (nSPS) is 48.8. The van der Waals surface area contributed by atoms with Crippen LogP contribution in [0.15, 0.2) is 0 Å². The van der Waals surface area contributed by atoms with Crippen LogP contribution in [0.2, 0.25) is 0 Å². The van der Waals surface area contributed by atoms with Gasteiger partial charge in [0.2, 0.25) is 0 Å². The molecule has 3 aliphatic heterocycles. The molecule has 0 saturated carbocycles. The minimum absolute atomic E-state index is 0. The zero-order valence-electron chi connectivity index (χ0n) is 33.4. The standard InChI is InChI=1S/C37H67NO13.Bi/c1-14-25-37(10,45)30(41)20(4)27(39)18(2)16-35(8,44)32(51-34-28(40)24(38(11)12)15-19(3)47-34)21(5)29(22(6)33(43)49-25)50-26-17-36(9,46-13)31(42)23(7)48-26;/h18-26,28-32,34,40-42,44-45H,14-17H2,1-13H3;/q;+3/t18-,19+,20+,21+,22-,23+,24-,25-,26+,28+,29+,30-,31+,32-,34-,35-,36-,37-;/m1./s1. The van der Waals surface area contributed by atoms with Gasteiger partial charge in [-0.3, -0.25) is 9.59 Å². The van der Waals surface area contributed by atoms with Gasteiger partial charge in [-0.15, -0.1) is 0 Å². The number of carbonyl (C=O) groups is 2. The second-order valence-corrected chi connectivity index (χ2v) is 16.5. The van der Waals surface area contributed by atoms with E-state index in [0.29, 0.717) is 6.42 Å². The van der Waals surface area contributed by atoms with E-state index in [1.165, 1.54) is 27.9 Å². The van der Waals surface area contributed by atoms with Crippen LogP contribution in [-0.2, 0) is 38.0 Å². The maximum absolute atomic E-state index is 14.1. The molecule has 0 unspecified atom stereocenters. The van der Waals surface area contributed by atoms with Crippen molar-refractivity contribution in [2.45, 2.75) is 179 Å². The van der Waals surface area contributed by atoms with Gasteiger partial charge in [0.05, 0.1) is 47.6 Å². The van der Waals surface area contributed by atoms with Crippen molar-refractivity contribution in [3.8, 4) is 0 Å². The number of aliphatic hydroxyl groups is 5. The molecule has 3 saturated heterocycles. The molecule has 300 valence electrons. The first-order valence-corrected chi connectivity index (χ1v) is 18.5. The van der Waals surface area contributed by atoms with Crippen molar-refractivity contribution in [1.29, 1.82) is 0 Å². The Morgan fingerprint density at radius 3 is 2.02 bits per heavy atom. The smallest absolute Gasteiger partial charge is 0.459 e. The zero-order valence-corrected chi connectivity index (χ0v) is 36.9. The maximum atomic E-state index is 14.1. The largest absolute Gasteiger partial charge is 3.00 e. The van der Waals surface area contributed by atoms with Crippen LogP contribution >= 0.6 is 0 Å². The van der Waals surface area contributed by atoms with Gasteiger partial charge in [-0.25, -0.2) is 0 Å². The number of carbonyl (C=O) groups excluding carboxylic acids is 2. The molecule has 18 atom stereocenters. The average molecular weight is 943 g/mol. The number of Topliss-reactive ketones (excluding diaryl/α,β-unsaturated/α-hetero) is 1. The molecule has 0 aromatic carbocycles. The molecule has 0 amide bonds. The summed E-state index contributed by atoms with van der Waals surface area (Å²) in [4.78, 5) is 29.8.